The SMILES string of the molecule is CCCCCCCCCCCCCCCCCCCCCC(=O)O[C@@H](COC(=O)CCCCCCCCCCCCCC)COC(=O)CCCCCCCCCCCCCCCC(C)C. The van der Waals surface area contributed by atoms with Gasteiger partial charge in [0.15, 0.2) is 6.10 Å². The standard InChI is InChI=1S/C59H114O6/c1-5-7-9-11-13-15-17-19-20-21-22-23-24-27-32-36-40-44-48-52-59(62)65-56(53-63-57(60)50-46-42-38-34-30-18-16-14-12-10-8-6-2)54-64-58(61)51-47-43-39-35-31-28-25-26-29-33-37-41-45-49-55(3)4/h55-56H,5-54H2,1-4H3/t56-/m0/s1. The molecule has 6 heteroatoms. The molecule has 0 aromatic rings. The van der Waals surface area contributed by atoms with E-state index in [1.807, 2.05) is 0 Å². The molecule has 0 saturated carbocycles. The molecule has 65 heavy (non-hydrogen) atoms. The zero-order valence-electron chi connectivity index (χ0n) is 44.5. The molecule has 0 aromatic heterocycles. The third-order valence-corrected chi connectivity index (χ3v) is 13.5. The van der Waals surface area contributed by atoms with Gasteiger partial charge in [0.25, 0.3) is 0 Å². The lowest BCUT2D eigenvalue weighted by molar-refractivity contribution is -0.167. The van der Waals surface area contributed by atoms with Crippen LogP contribution in [0.15, 0.2) is 0 Å². The van der Waals surface area contributed by atoms with Gasteiger partial charge in [0, 0.05) is 19.3 Å². The van der Waals surface area contributed by atoms with Gasteiger partial charge in [0.05, 0.1) is 0 Å². The minimum atomic E-state index is -0.762. The Bertz CT molecular complexity index is 980. The van der Waals surface area contributed by atoms with Crippen LogP contribution in [0.3, 0.4) is 0 Å². The van der Waals surface area contributed by atoms with Crippen LogP contribution in [0.2, 0.25) is 0 Å². The van der Waals surface area contributed by atoms with Gasteiger partial charge in [-0.25, -0.2) is 0 Å². The highest BCUT2D eigenvalue weighted by Crippen LogP contribution is 2.18. The van der Waals surface area contributed by atoms with Gasteiger partial charge in [-0.1, -0.05) is 297 Å². The number of unbranched alkanes of at least 4 members (excludes halogenated alkanes) is 41. The first-order valence-electron chi connectivity index (χ1n) is 29.4. The van der Waals surface area contributed by atoms with Crippen molar-refractivity contribution in [1.29, 1.82) is 0 Å². The molecule has 0 rings (SSSR count). The lowest BCUT2D eigenvalue weighted by Gasteiger charge is -2.18. The monoisotopic (exact) mass is 919 g/mol. The first kappa shape index (κ1) is 63.4. The van der Waals surface area contributed by atoms with E-state index < -0.39 is 6.10 Å². The Balaban J connectivity index is 4.27. The van der Waals surface area contributed by atoms with Crippen molar-refractivity contribution in [3.05, 3.63) is 0 Å². The van der Waals surface area contributed by atoms with E-state index in [-0.39, 0.29) is 31.1 Å². The predicted octanol–water partition coefficient (Wildman–Crippen LogP) is 19.4. The lowest BCUT2D eigenvalue weighted by atomic mass is 10.0. The van der Waals surface area contributed by atoms with E-state index in [9.17, 15) is 14.4 Å². The van der Waals surface area contributed by atoms with Crippen molar-refractivity contribution < 1.29 is 28.6 Å². The number of esters is 3. The number of carbonyl (C=O) groups excluding carboxylic acids is 3. The molecule has 0 aromatic carbocycles. The van der Waals surface area contributed by atoms with Crippen LogP contribution in [0.5, 0.6) is 0 Å². The van der Waals surface area contributed by atoms with Crippen LogP contribution < -0.4 is 0 Å². The van der Waals surface area contributed by atoms with Gasteiger partial charge in [-0.05, 0) is 25.2 Å². The predicted molar refractivity (Wildman–Crippen MR) is 280 cm³/mol. The molecule has 0 aliphatic rings. The van der Waals surface area contributed by atoms with Crippen LogP contribution in [0.1, 0.15) is 336 Å². The maximum atomic E-state index is 12.9. The number of carbonyl (C=O) groups is 3. The number of ether oxygens (including phenoxy) is 3. The van der Waals surface area contributed by atoms with Crippen LogP contribution in [-0.2, 0) is 28.6 Å². The fourth-order valence-electron chi connectivity index (χ4n) is 9.10. The second-order valence-electron chi connectivity index (χ2n) is 20.8. The normalized spacial score (nSPS) is 12.0. The summed E-state index contributed by atoms with van der Waals surface area (Å²) in [6, 6.07) is 0. The lowest BCUT2D eigenvalue weighted by Crippen LogP contribution is -2.30. The van der Waals surface area contributed by atoms with Gasteiger partial charge in [-0.2, -0.15) is 0 Å². The van der Waals surface area contributed by atoms with E-state index in [4.69, 9.17) is 14.2 Å². The van der Waals surface area contributed by atoms with Crippen molar-refractivity contribution in [2.45, 2.75) is 342 Å². The van der Waals surface area contributed by atoms with Crippen LogP contribution in [0.4, 0.5) is 0 Å². The fraction of sp³-hybridized carbons (Fsp3) is 0.949. The average molecular weight is 920 g/mol. The van der Waals surface area contributed by atoms with E-state index in [2.05, 4.69) is 27.7 Å². The molecule has 0 unspecified atom stereocenters. The maximum absolute atomic E-state index is 12.9. The zero-order valence-corrected chi connectivity index (χ0v) is 44.5. The molecular weight excluding hydrogens is 805 g/mol. The molecule has 0 heterocycles. The van der Waals surface area contributed by atoms with Crippen molar-refractivity contribution in [2.75, 3.05) is 13.2 Å². The summed E-state index contributed by atoms with van der Waals surface area (Å²) in [6.45, 7) is 9.06. The summed E-state index contributed by atoms with van der Waals surface area (Å²) in [6.07, 6.45) is 58.1. The summed E-state index contributed by atoms with van der Waals surface area (Å²) in [5.41, 5.74) is 0. The smallest absolute Gasteiger partial charge is 0.306 e. The van der Waals surface area contributed by atoms with E-state index in [1.54, 1.807) is 0 Å². The third kappa shape index (κ3) is 53.2. The summed E-state index contributed by atoms with van der Waals surface area (Å²) >= 11 is 0. The quantitative estimate of drug-likeness (QED) is 0.0344. The number of hydrogen-bond donors (Lipinski definition) is 0. The minimum absolute atomic E-state index is 0.0619. The molecule has 0 fully saturated rings. The van der Waals surface area contributed by atoms with Gasteiger partial charge in [0.1, 0.15) is 13.2 Å². The molecule has 0 spiro atoms. The molecule has 0 bridgehead atoms. The summed E-state index contributed by atoms with van der Waals surface area (Å²) < 4.78 is 16.9. The molecule has 386 valence electrons. The molecule has 0 saturated heterocycles. The van der Waals surface area contributed by atoms with Crippen LogP contribution in [-0.4, -0.2) is 37.2 Å². The molecule has 0 N–H and O–H groups in total. The molecule has 0 radical (unpaired) electrons. The number of rotatable bonds is 54. The highest BCUT2D eigenvalue weighted by molar-refractivity contribution is 5.71. The van der Waals surface area contributed by atoms with Crippen LogP contribution in [0.25, 0.3) is 0 Å². The molecule has 6 nitrogen and oxygen atoms in total. The molecule has 1 atom stereocenters. The van der Waals surface area contributed by atoms with E-state index in [1.165, 1.54) is 231 Å². The molecule has 0 aliphatic heterocycles. The van der Waals surface area contributed by atoms with E-state index in [0.717, 1.165) is 63.7 Å². The molecule has 0 aliphatic carbocycles. The van der Waals surface area contributed by atoms with E-state index >= 15 is 0 Å². The van der Waals surface area contributed by atoms with Crippen molar-refractivity contribution >= 4 is 17.9 Å². The Labute approximate surface area is 406 Å². The first-order valence-corrected chi connectivity index (χ1v) is 29.4. The summed E-state index contributed by atoms with van der Waals surface area (Å²) in [7, 11) is 0. The van der Waals surface area contributed by atoms with Gasteiger partial charge < -0.3 is 14.2 Å². The zero-order chi connectivity index (χ0) is 47.4. The van der Waals surface area contributed by atoms with Gasteiger partial charge in [0.2, 0.25) is 0 Å². The van der Waals surface area contributed by atoms with Crippen LogP contribution >= 0.6 is 0 Å². The van der Waals surface area contributed by atoms with Crippen molar-refractivity contribution in [1.82, 2.24) is 0 Å². The van der Waals surface area contributed by atoms with Gasteiger partial charge in [-0.15, -0.1) is 0 Å². The number of hydrogen-bond acceptors (Lipinski definition) is 6. The largest absolute Gasteiger partial charge is 0.462 e. The second kappa shape index (κ2) is 53.4. The Morgan fingerprint density at radius 3 is 0.754 bits per heavy atom. The van der Waals surface area contributed by atoms with Crippen molar-refractivity contribution in [3.63, 3.8) is 0 Å². The Kier molecular flexibility index (Phi) is 52.1. The molecule has 0 amide bonds. The fourth-order valence-corrected chi connectivity index (χ4v) is 9.10. The summed E-state index contributed by atoms with van der Waals surface area (Å²) in [4.78, 5) is 38.1. The summed E-state index contributed by atoms with van der Waals surface area (Å²) in [5, 5.41) is 0. The highest BCUT2D eigenvalue weighted by atomic mass is 16.6. The van der Waals surface area contributed by atoms with Crippen molar-refractivity contribution in [2.24, 2.45) is 5.92 Å². The molecular formula is C59H114O6. The average Bonchev–Trinajstić information content (AvgIpc) is 3.29. The highest BCUT2D eigenvalue weighted by Gasteiger charge is 2.19. The van der Waals surface area contributed by atoms with E-state index in [0.29, 0.717) is 19.3 Å². The summed E-state index contributed by atoms with van der Waals surface area (Å²) in [5.74, 6) is 0.00479. The van der Waals surface area contributed by atoms with Gasteiger partial charge in [-0.3, -0.25) is 14.4 Å². The Hall–Kier alpha value is -1.59. The second-order valence-corrected chi connectivity index (χ2v) is 20.8. The third-order valence-electron chi connectivity index (χ3n) is 13.5. The van der Waals surface area contributed by atoms with Crippen molar-refractivity contribution in [3.8, 4) is 0 Å². The maximum Gasteiger partial charge on any atom is 0.306 e. The first-order chi connectivity index (χ1) is 31.9. The van der Waals surface area contributed by atoms with Gasteiger partial charge >= 0.3 is 17.9 Å². The Morgan fingerprint density at radius 2 is 0.508 bits per heavy atom. The Morgan fingerprint density at radius 1 is 0.292 bits per heavy atom. The van der Waals surface area contributed by atoms with Crippen LogP contribution in [0, 0.1) is 5.92 Å². The minimum Gasteiger partial charge on any atom is -0.462 e. The topological polar surface area (TPSA) is 78.9 Å².